The van der Waals surface area contributed by atoms with Gasteiger partial charge in [0.25, 0.3) is 5.69 Å². The van der Waals surface area contributed by atoms with E-state index in [1.54, 1.807) is 12.1 Å². The summed E-state index contributed by atoms with van der Waals surface area (Å²) in [6.45, 7) is 3.87. The van der Waals surface area contributed by atoms with Crippen molar-refractivity contribution in [2.45, 2.75) is 20.3 Å². The summed E-state index contributed by atoms with van der Waals surface area (Å²) >= 11 is 0. The van der Waals surface area contributed by atoms with Crippen molar-refractivity contribution in [3.63, 3.8) is 0 Å². The minimum absolute atomic E-state index is 0.0690. The molecule has 15 heavy (non-hydrogen) atoms. The van der Waals surface area contributed by atoms with Crippen LogP contribution < -0.4 is 4.74 Å². The summed E-state index contributed by atoms with van der Waals surface area (Å²) in [5.74, 6) is 1.41. The van der Waals surface area contributed by atoms with Gasteiger partial charge in [0.2, 0.25) is 0 Å². The Morgan fingerprint density at radius 2 is 2.07 bits per heavy atom. The minimum Gasteiger partial charge on any atom is -0.462 e. The minimum atomic E-state index is -0.432. The number of nitro groups is 1. The molecule has 0 atom stereocenters. The van der Waals surface area contributed by atoms with E-state index in [1.807, 2.05) is 19.9 Å². The molecule has 1 rings (SSSR count). The second-order valence-corrected chi connectivity index (χ2v) is 3.08. The fourth-order valence-corrected chi connectivity index (χ4v) is 1.15. The predicted molar refractivity (Wildman–Crippen MR) is 57.8 cm³/mol. The Kier molecular flexibility index (Phi) is 3.85. The lowest BCUT2D eigenvalue weighted by atomic mass is 10.3. The zero-order valence-corrected chi connectivity index (χ0v) is 8.77. The van der Waals surface area contributed by atoms with Crippen LogP contribution in [0.1, 0.15) is 20.3 Å². The summed E-state index contributed by atoms with van der Waals surface area (Å²) in [4.78, 5) is 9.96. The molecule has 0 spiro atoms. The second-order valence-electron chi connectivity index (χ2n) is 3.08. The van der Waals surface area contributed by atoms with Crippen LogP contribution in [-0.2, 0) is 0 Å². The summed E-state index contributed by atoms with van der Waals surface area (Å²) in [5.41, 5.74) is 0.0690. The van der Waals surface area contributed by atoms with E-state index in [9.17, 15) is 10.1 Å². The summed E-state index contributed by atoms with van der Waals surface area (Å²) < 4.78 is 5.43. The zero-order chi connectivity index (χ0) is 11.3. The quantitative estimate of drug-likeness (QED) is 0.432. The van der Waals surface area contributed by atoms with E-state index in [4.69, 9.17) is 4.74 Å². The maximum Gasteiger partial charge on any atom is 0.269 e. The number of hydrogen-bond acceptors (Lipinski definition) is 3. The van der Waals surface area contributed by atoms with Gasteiger partial charge in [-0.3, -0.25) is 10.1 Å². The highest BCUT2D eigenvalue weighted by Gasteiger charge is 2.04. The largest absolute Gasteiger partial charge is 0.462 e. The molecule has 0 unspecified atom stereocenters. The monoisotopic (exact) mass is 207 g/mol. The number of rotatable bonds is 4. The van der Waals surface area contributed by atoms with Gasteiger partial charge in [-0.1, -0.05) is 6.92 Å². The molecule has 0 aromatic heterocycles. The van der Waals surface area contributed by atoms with Crippen LogP contribution in [0.4, 0.5) is 5.69 Å². The van der Waals surface area contributed by atoms with E-state index in [2.05, 4.69) is 0 Å². The molecule has 0 aliphatic heterocycles. The molecule has 0 radical (unpaired) electrons. The highest BCUT2D eigenvalue weighted by atomic mass is 16.6. The highest BCUT2D eigenvalue weighted by molar-refractivity contribution is 5.36. The normalized spacial score (nSPS) is 11.2. The van der Waals surface area contributed by atoms with Gasteiger partial charge in [0.1, 0.15) is 5.75 Å². The zero-order valence-electron chi connectivity index (χ0n) is 8.77. The van der Waals surface area contributed by atoms with Crippen LogP contribution in [0.25, 0.3) is 0 Å². The molecule has 0 aliphatic carbocycles. The maximum absolute atomic E-state index is 10.4. The van der Waals surface area contributed by atoms with Crippen molar-refractivity contribution in [3.05, 3.63) is 46.2 Å². The van der Waals surface area contributed by atoms with Crippen LogP contribution in [0.2, 0.25) is 0 Å². The summed E-state index contributed by atoms with van der Waals surface area (Å²) in [6, 6.07) is 6.03. The fraction of sp³-hybridized carbons (Fsp3) is 0.273. The van der Waals surface area contributed by atoms with Gasteiger partial charge >= 0.3 is 0 Å². The third kappa shape index (κ3) is 3.42. The average Bonchev–Trinajstić information content (AvgIpc) is 2.18. The molecule has 4 nitrogen and oxygen atoms in total. The molecule has 0 bridgehead atoms. The third-order valence-corrected chi connectivity index (χ3v) is 1.82. The molecule has 0 N–H and O–H groups in total. The Morgan fingerprint density at radius 3 is 2.53 bits per heavy atom. The van der Waals surface area contributed by atoms with Gasteiger partial charge in [-0.2, -0.15) is 0 Å². The molecular weight excluding hydrogens is 194 g/mol. The Balaban J connectivity index is 2.73. The average molecular weight is 207 g/mol. The second kappa shape index (κ2) is 5.14. The number of allylic oxidation sites excluding steroid dienone is 2. The molecule has 0 aliphatic rings. The summed E-state index contributed by atoms with van der Waals surface area (Å²) in [7, 11) is 0. The first-order chi connectivity index (χ1) is 7.13. The van der Waals surface area contributed by atoms with Crippen molar-refractivity contribution in [3.8, 4) is 5.75 Å². The van der Waals surface area contributed by atoms with Crippen molar-refractivity contribution < 1.29 is 9.66 Å². The highest BCUT2D eigenvalue weighted by Crippen LogP contribution is 2.19. The molecule has 80 valence electrons. The first kappa shape index (κ1) is 11.2. The molecule has 0 fully saturated rings. The molecule has 1 aromatic carbocycles. The Bertz CT molecular complexity index is 368. The van der Waals surface area contributed by atoms with Crippen LogP contribution in [0, 0.1) is 10.1 Å². The topological polar surface area (TPSA) is 52.4 Å². The molecule has 0 heterocycles. The molecule has 1 aromatic rings. The van der Waals surface area contributed by atoms with Crippen molar-refractivity contribution in [2.75, 3.05) is 0 Å². The van der Waals surface area contributed by atoms with Gasteiger partial charge in [0.15, 0.2) is 0 Å². The first-order valence-corrected chi connectivity index (χ1v) is 4.72. The summed E-state index contributed by atoms with van der Waals surface area (Å²) in [6.07, 6.45) is 2.85. The van der Waals surface area contributed by atoms with Crippen molar-refractivity contribution in [1.82, 2.24) is 0 Å². The molecule has 0 saturated carbocycles. The lowest BCUT2D eigenvalue weighted by Gasteiger charge is -2.04. The summed E-state index contributed by atoms with van der Waals surface area (Å²) in [5, 5.41) is 10.4. The van der Waals surface area contributed by atoms with Gasteiger partial charge in [-0.05, 0) is 31.6 Å². The van der Waals surface area contributed by atoms with Crippen LogP contribution in [0.3, 0.4) is 0 Å². The van der Waals surface area contributed by atoms with E-state index in [-0.39, 0.29) is 5.69 Å². The number of hydrogen-bond donors (Lipinski definition) is 0. The van der Waals surface area contributed by atoms with E-state index in [0.29, 0.717) is 5.75 Å². The van der Waals surface area contributed by atoms with E-state index < -0.39 is 4.92 Å². The predicted octanol–water partition coefficient (Wildman–Crippen LogP) is 3.29. The number of nitro benzene ring substituents is 1. The smallest absolute Gasteiger partial charge is 0.269 e. The van der Waals surface area contributed by atoms with Crippen LogP contribution in [0.15, 0.2) is 36.1 Å². The Hall–Kier alpha value is -1.84. The number of ether oxygens (including phenoxy) is 1. The van der Waals surface area contributed by atoms with Gasteiger partial charge in [0, 0.05) is 12.1 Å². The lowest BCUT2D eigenvalue weighted by Crippen LogP contribution is -1.91. The molecule has 0 saturated heterocycles. The van der Waals surface area contributed by atoms with Gasteiger partial charge < -0.3 is 4.74 Å². The first-order valence-electron chi connectivity index (χ1n) is 4.72. The third-order valence-electron chi connectivity index (χ3n) is 1.82. The SMILES string of the molecule is CC/C=C(/C)Oc1ccc([N+](=O)[O-])cc1. The van der Waals surface area contributed by atoms with Crippen LogP contribution in [0.5, 0.6) is 5.75 Å². The standard InChI is InChI=1S/C11H13NO3/c1-3-4-9(2)15-11-7-5-10(6-8-11)12(13)14/h4-8H,3H2,1-2H3/b9-4-. The number of nitrogens with zero attached hydrogens (tertiary/aromatic N) is 1. The fourth-order valence-electron chi connectivity index (χ4n) is 1.15. The van der Waals surface area contributed by atoms with Crippen LogP contribution in [-0.4, -0.2) is 4.92 Å². The number of benzene rings is 1. The van der Waals surface area contributed by atoms with Crippen LogP contribution >= 0.6 is 0 Å². The van der Waals surface area contributed by atoms with E-state index in [0.717, 1.165) is 12.2 Å². The van der Waals surface area contributed by atoms with E-state index in [1.165, 1.54) is 12.1 Å². The molecule has 0 amide bonds. The Labute approximate surface area is 88.3 Å². The Morgan fingerprint density at radius 1 is 1.47 bits per heavy atom. The van der Waals surface area contributed by atoms with Crippen molar-refractivity contribution >= 4 is 5.69 Å². The van der Waals surface area contributed by atoms with Crippen molar-refractivity contribution in [2.24, 2.45) is 0 Å². The number of non-ortho nitro benzene ring substituents is 1. The maximum atomic E-state index is 10.4. The lowest BCUT2D eigenvalue weighted by molar-refractivity contribution is -0.384. The molecular formula is C11H13NO3. The van der Waals surface area contributed by atoms with Crippen molar-refractivity contribution in [1.29, 1.82) is 0 Å². The molecule has 4 heteroatoms. The van der Waals surface area contributed by atoms with E-state index >= 15 is 0 Å². The van der Waals surface area contributed by atoms with Gasteiger partial charge in [-0.25, -0.2) is 0 Å². The van der Waals surface area contributed by atoms with Gasteiger partial charge in [-0.15, -0.1) is 0 Å². The van der Waals surface area contributed by atoms with Gasteiger partial charge in [0.05, 0.1) is 10.7 Å².